The van der Waals surface area contributed by atoms with E-state index in [1.165, 1.54) is 0 Å². The van der Waals surface area contributed by atoms with Crippen molar-refractivity contribution in [2.45, 2.75) is 31.8 Å². The maximum Gasteiger partial charge on any atom is 0.0834 e. The lowest BCUT2D eigenvalue weighted by atomic mass is 9.88. The van der Waals surface area contributed by atoms with Crippen molar-refractivity contribution < 1.29 is 9.84 Å². The van der Waals surface area contributed by atoms with Gasteiger partial charge in [-0.2, -0.15) is 0 Å². The molecule has 0 amide bonds. The van der Waals surface area contributed by atoms with Crippen molar-refractivity contribution in [3.63, 3.8) is 0 Å². The Kier molecular flexibility index (Phi) is 4.84. The van der Waals surface area contributed by atoms with Crippen molar-refractivity contribution in [2.75, 3.05) is 13.2 Å². The van der Waals surface area contributed by atoms with Crippen molar-refractivity contribution in [1.29, 1.82) is 0 Å². The molecule has 1 N–H and O–H groups in total. The van der Waals surface area contributed by atoms with Gasteiger partial charge in [0.15, 0.2) is 0 Å². The highest BCUT2D eigenvalue weighted by molar-refractivity contribution is 6.32. The van der Waals surface area contributed by atoms with Crippen LogP contribution in [0.3, 0.4) is 0 Å². The minimum Gasteiger partial charge on any atom is -0.388 e. The standard InChI is InChI=1S/C14H19ClO2/c15-13-6-4-2-1-3-5-12(13)14(16)11-7-9-17-10-8-11/h1,3,5-6,11,14,16H,2,4,7-10H2. The summed E-state index contributed by atoms with van der Waals surface area (Å²) >= 11 is 6.24. The number of aliphatic hydroxyl groups excluding tert-OH is 1. The van der Waals surface area contributed by atoms with E-state index in [0.717, 1.165) is 44.5 Å². The predicted octanol–water partition coefficient (Wildman–Crippen LogP) is 3.17. The van der Waals surface area contributed by atoms with Crippen LogP contribution >= 0.6 is 11.6 Å². The molecule has 94 valence electrons. The van der Waals surface area contributed by atoms with Crippen LogP contribution in [0.5, 0.6) is 0 Å². The van der Waals surface area contributed by atoms with E-state index in [0.29, 0.717) is 5.03 Å². The Hall–Kier alpha value is -0.570. The van der Waals surface area contributed by atoms with Gasteiger partial charge in [0.05, 0.1) is 6.10 Å². The SMILES string of the molecule is OC(C1=CC=CCCC=C1Cl)C1CCOCC1. The second-order valence-corrected chi connectivity index (χ2v) is 4.98. The molecule has 0 aromatic rings. The number of hydrogen-bond donors (Lipinski definition) is 1. The van der Waals surface area contributed by atoms with Crippen molar-refractivity contribution in [3.05, 3.63) is 34.9 Å². The Balaban J connectivity index is 2.12. The van der Waals surface area contributed by atoms with E-state index in [2.05, 4.69) is 6.08 Å². The smallest absolute Gasteiger partial charge is 0.0834 e. The summed E-state index contributed by atoms with van der Waals surface area (Å²) in [6.07, 6.45) is 11.3. The summed E-state index contributed by atoms with van der Waals surface area (Å²) in [5, 5.41) is 11.1. The maximum atomic E-state index is 10.4. The Morgan fingerprint density at radius 2 is 2.06 bits per heavy atom. The third kappa shape index (κ3) is 3.44. The largest absolute Gasteiger partial charge is 0.388 e. The van der Waals surface area contributed by atoms with E-state index < -0.39 is 6.10 Å². The van der Waals surface area contributed by atoms with Crippen molar-refractivity contribution in [1.82, 2.24) is 0 Å². The fourth-order valence-corrected chi connectivity index (χ4v) is 2.58. The zero-order valence-corrected chi connectivity index (χ0v) is 10.7. The fraction of sp³-hybridized carbons (Fsp3) is 0.571. The van der Waals surface area contributed by atoms with Crippen LogP contribution in [0.4, 0.5) is 0 Å². The first-order valence-electron chi connectivity index (χ1n) is 6.27. The Bertz CT molecular complexity index is 338. The molecular weight excluding hydrogens is 236 g/mol. The molecule has 2 nitrogen and oxygen atoms in total. The molecule has 0 saturated carbocycles. The molecule has 1 fully saturated rings. The van der Waals surface area contributed by atoms with E-state index in [1.807, 2.05) is 18.2 Å². The van der Waals surface area contributed by atoms with Gasteiger partial charge in [-0.3, -0.25) is 0 Å². The first-order valence-corrected chi connectivity index (χ1v) is 6.65. The summed E-state index contributed by atoms with van der Waals surface area (Å²) in [5.41, 5.74) is 0.856. The van der Waals surface area contributed by atoms with Gasteiger partial charge in [0.2, 0.25) is 0 Å². The van der Waals surface area contributed by atoms with Crippen LogP contribution in [-0.2, 0) is 4.74 Å². The van der Waals surface area contributed by atoms with Crippen LogP contribution < -0.4 is 0 Å². The molecule has 0 aromatic carbocycles. The zero-order chi connectivity index (χ0) is 12.1. The van der Waals surface area contributed by atoms with Gasteiger partial charge < -0.3 is 9.84 Å². The van der Waals surface area contributed by atoms with E-state index >= 15 is 0 Å². The molecule has 1 atom stereocenters. The van der Waals surface area contributed by atoms with Gasteiger partial charge in [-0.05, 0) is 37.2 Å². The molecule has 1 unspecified atom stereocenters. The Labute approximate surface area is 108 Å². The highest BCUT2D eigenvalue weighted by Gasteiger charge is 2.26. The number of hydrogen-bond acceptors (Lipinski definition) is 2. The quantitative estimate of drug-likeness (QED) is 0.820. The normalized spacial score (nSPS) is 24.6. The molecule has 1 aliphatic heterocycles. The average molecular weight is 255 g/mol. The monoisotopic (exact) mass is 254 g/mol. The third-order valence-corrected chi connectivity index (χ3v) is 3.75. The summed E-state index contributed by atoms with van der Waals surface area (Å²) in [5.74, 6) is 0.268. The van der Waals surface area contributed by atoms with E-state index in [4.69, 9.17) is 16.3 Å². The minimum absolute atomic E-state index is 0.268. The summed E-state index contributed by atoms with van der Waals surface area (Å²) in [6, 6.07) is 0. The second-order valence-electron chi connectivity index (χ2n) is 4.57. The van der Waals surface area contributed by atoms with E-state index in [1.54, 1.807) is 0 Å². The zero-order valence-electron chi connectivity index (χ0n) is 9.94. The molecule has 0 spiro atoms. The number of allylic oxidation sites excluding steroid dienone is 4. The molecule has 3 heteroatoms. The van der Waals surface area contributed by atoms with Crippen molar-refractivity contribution in [2.24, 2.45) is 5.92 Å². The summed E-state index contributed by atoms with van der Waals surface area (Å²) < 4.78 is 5.32. The molecular formula is C14H19ClO2. The van der Waals surface area contributed by atoms with Crippen LogP contribution in [0.25, 0.3) is 0 Å². The molecule has 0 aromatic heterocycles. The molecule has 1 heterocycles. The van der Waals surface area contributed by atoms with Crippen LogP contribution in [-0.4, -0.2) is 24.4 Å². The highest BCUT2D eigenvalue weighted by Crippen LogP contribution is 2.30. The molecule has 0 radical (unpaired) electrons. The molecule has 17 heavy (non-hydrogen) atoms. The third-order valence-electron chi connectivity index (χ3n) is 3.38. The molecule has 1 saturated heterocycles. The van der Waals surface area contributed by atoms with Gasteiger partial charge in [-0.1, -0.05) is 35.9 Å². The average Bonchev–Trinajstić information content (AvgIpc) is 2.35. The Morgan fingerprint density at radius 1 is 1.29 bits per heavy atom. The van der Waals surface area contributed by atoms with Gasteiger partial charge in [0.25, 0.3) is 0 Å². The van der Waals surface area contributed by atoms with Crippen LogP contribution in [0.1, 0.15) is 25.7 Å². The van der Waals surface area contributed by atoms with Gasteiger partial charge in [0.1, 0.15) is 0 Å². The lowest BCUT2D eigenvalue weighted by molar-refractivity contribution is 0.0220. The Morgan fingerprint density at radius 3 is 2.82 bits per heavy atom. The molecule has 1 aliphatic carbocycles. The van der Waals surface area contributed by atoms with Crippen LogP contribution in [0, 0.1) is 5.92 Å². The predicted molar refractivity (Wildman–Crippen MR) is 69.9 cm³/mol. The maximum absolute atomic E-state index is 10.4. The molecule has 0 bridgehead atoms. The highest BCUT2D eigenvalue weighted by atomic mass is 35.5. The molecule has 2 rings (SSSR count). The summed E-state index contributed by atoms with van der Waals surface area (Å²) in [6.45, 7) is 1.48. The van der Waals surface area contributed by atoms with Crippen molar-refractivity contribution >= 4 is 11.6 Å². The van der Waals surface area contributed by atoms with Gasteiger partial charge in [0, 0.05) is 18.2 Å². The van der Waals surface area contributed by atoms with E-state index in [9.17, 15) is 5.11 Å². The van der Waals surface area contributed by atoms with Crippen LogP contribution in [0.2, 0.25) is 0 Å². The molecule has 2 aliphatic rings. The lowest BCUT2D eigenvalue weighted by Gasteiger charge is -2.28. The van der Waals surface area contributed by atoms with Gasteiger partial charge >= 0.3 is 0 Å². The number of ether oxygens (including phenoxy) is 1. The summed E-state index contributed by atoms with van der Waals surface area (Å²) in [7, 11) is 0. The fourth-order valence-electron chi connectivity index (χ4n) is 2.30. The number of rotatable bonds is 2. The van der Waals surface area contributed by atoms with Crippen molar-refractivity contribution in [3.8, 4) is 0 Å². The van der Waals surface area contributed by atoms with E-state index in [-0.39, 0.29) is 5.92 Å². The van der Waals surface area contributed by atoms with Crippen LogP contribution in [0.15, 0.2) is 34.9 Å². The van der Waals surface area contributed by atoms with Gasteiger partial charge in [-0.15, -0.1) is 0 Å². The summed E-state index contributed by atoms with van der Waals surface area (Å²) in [4.78, 5) is 0. The first-order chi connectivity index (χ1) is 8.29. The topological polar surface area (TPSA) is 29.5 Å². The first kappa shape index (κ1) is 12.9. The number of aliphatic hydroxyl groups is 1. The number of halogens is 1. The lowest BCUT2D eigenvalue weighted by Crippen LogP contribution is -2.29. The van der Waals surface area contributed by atoms with Gasteiger partial charge in [-0.25, -0.2) is 0 Å². The minimum atomic E-state index is -0.467. The second kappa shape index (κ2) is 6.39.